The van der Waals surface area contributed by atoms with E-state index < -0.39 is 0 Å². The summed E-state index contributed by atoms with van der Waals surface area (Å²) in [6, 6.07) is 9.45. The van der Waals surface area contributed by atoms with Crippen LogP contribution in [0.4, 0.5) is 0 Å². The summed E-state index contributed by atoms with van der Waals surface area (Å²) in [7, 11) is 0. The molecule has 3 nitrogen and oxygen atoms in total. The van der Waals surface area contributed by atoms with Crippen LogP contribution in [0.25, 0.3) is 0 Å². The molecule has 2 heterocycles. The van der Waals surface area contributed by atoms with Crippen LogP contribution in [0.5, 0.6) is 0 Å². The molecule has 2 aliphatic rings. The van der Waals surface area contributed by atoms with Crippen LogP contribution in [0.1, 0.15) is 37.9 Å². The Balaban J connectivity index is 1.59. The highest BCUT2D eigenvalue weighted by Crippen LogP contribution is 2.24. The van der Waals surface area contributed by atoms with Crippen LogP contribution in [-0.4, -0.2) is 54.6 Å². The van der Waals surface area contributed by atoms with Crippen molar-refractivity contribution in [1.82, 2.24) is 15.1 Å². The molecule has 0 amide bonds. The SMILES string of the molecule is CC(C)(C)N1CCN(CC2NCCc3ccccc32)CC1. The fourth-order valence-electron chi connectivity index (χ4n) is 3.62. The average Bonchev–Trinajstić information content (AvgIpc) is 2.47. The first kappa shape index (κ1) is 15.0. The maximum Gasteiger partial charge on any atom is 0.0452 e. The summed E-state index contributed by atoms with van der Waals surface area (Å²) in [5, 5.41) is 3.71. The molecule has 1 saturated heterocycles. The van der Waals surface area contributed by atoms with Crippen LogP contribution in [0, 0.1) is 0 Å². The third kappa shape index (κ3) is 3.47. The molecule has 1 aromatic carbocycles. The van der Waals surface area contributed by atoms with Gasteiger partial charge in [-0.25, -0.2) is 0 Å². The summed E-state index contributed by atoms with van der Waals surface area (Å²) in [6.07, 6.45) is 1.17. The van der Waals surface area contributed by atoms with Gasteiger partial charge in [0, 0.05) is 44.3 Å². The van der Waals surface area contributed by atoms with Crippen LogP contribution in [-0.2, 0) is 6.42 Å². The average molecular weight is 287 g/mol. The minimum atomic E-state index is 0.307. The topological polar surface area (TPSA) is 18.5 Å². The zero-order valence-electron chi connectivity index (χ0n) is 13.7. The largest absolute Gasteiger partial charge is 0.309 e. The van der Waals surface area contributed by atoms with E-state index >= 15 is 0 Å². The Kier molecular flexibility index (Phi) is 4.34. The van der Waals surface area contributed by atoms with Gasteiger partial charge in [0.2, 0.25) is 0 Å². The zero-order chi connectivity index (χ0) is 14.9. The lowest BCUT2D eigenvalue weighted by Crippen LogP contribution is -2.54. The van der Waals surface area contributed by atoms with E-state index in [1.165, 1.54) is 43.7 Å². The highest BCUT2D eigenvalue weighted by atomic mass is 15.3. The fourth-order valence-corrected chi connectivity index (χ4v) is 3.62. The first-order valence-corrected chi connectivity index (χ1v) is 8.32. The van der Waals surface area contributed by atoms with Crippen molar-refractivity contribution >= 4 is 0 Å². The Bertz CT molecular complexity index is 470. The third-order valence-electron chi connectivity index (χ3n) is 4.98. The molecule has 1 N–H and O–H groups in total. The van der Waals surface area contributed by atoms with Crippen LogP contribution in [0.15, 0.2) is 24.3 Å². The number of rotatable bonds is 2. The van der Waals surface area contributed by atoms with Gasteiger partial charge in [-0.1, -0.05) is 24.3 Å². The summed E-state index contributed by atoms with van der Waals surface area (Å²) in [6.45, 7) is 14.0. The molecule has 1 fully saturated rings. The molecule has 2 aliphatic heterocycles. The lowest BCUT2D eigenvalue weighted by atomic mass is 9.94. The molecular weight excluding hydrogens is 258 g/mol. The van der Waals surface area contributed by atoms with Crippen LogP contribution in [0.2, 0.25) is 0 Å². The predicted molar refractivity (Wildman–Crippen MR) is 88.7 cm³/mol. The second-order valence-electron chi connectivity index (χ2n) is 7.41. The lowest BCUT2D eigenvalue weighted by molar-refractivity contribution is 0.0576. The maximum atomic E-state index is 3.71. The molecule has 0 radical (unpaired) electrons. The second kappa shape index (κ2) is 6.07. The first-order chi connectivity index (χ1) is 10.0. The lowest BCUT2D eigenvalue weighted by Gasteiger charge is -2.43. The summed E-state index contributed by atoms with van der Waals surface area (Å²) in [4.78, 5) is 5.23. The van der Waals surface area contributed by atoms with E-state index in [2.05, 4.69) is 60.2 Å². The Hall–Kier alpha value is -0.900. The molecule has 0 spiro atoms. The molecule has 21 heavy (non-hydrogen) atoms. The van der Waals surface area contributed by atoms with Gasteiger partial charge in [-0.05, 0) is 44.9 Å². The molecule has 0 saturated carbocycles. The molecule has 0 bridgehead atoms. The van der Waals surface area contributed by atoms with Crippen molar-refractivity contribution in [3.05, 3.63) is 35.4 Å². The minimum absolute atomic E-state index is 0.307. The molecule has 0 aromatic heterocycles. The number of hydrogen-bond acceptors (Lipinski definition) is 3. The molecule has 116 valence electrons. The maximum absolute atomic E-state index is 3.71. The van der Waals surface area contributed by atoms with Crippen molar-refractivity contribution < 1.29 is 0 Å². The highest BCUT2D eigenvalue weighted by molar-refractivity contribution is 5.32. The van der Waals surface area contributed by atoms with Crippen molar-refractivity contribution in [2.45, 2.75) is 38.8 Å². The second-order valence-corrected chi connectivity index (χ2v) is 7.41. The minimum Gasteiger partial charge on any atom is -0.309 e. The van der Waals surface area contributed by atoms with Crippen molar-refractivity contribution in [3.63, 3.8) is 0 Å². The van der Waals surface area contributed by atoms with Crippen LogP contribution < -0.4 is 5.32 Å². The monoisotopic (exact) mass is 287 g/mol. The number of fused-ring (bicyclic) bond motifs is 1. The summed E-state index contributed by atoms with van der Waals surface area (Å²) in [5.41, 5.74) is 3.36. The van der Waals surface area contributed by atoms with Gasteiger partial charge in [0.05, 0.1) is 0 Å². The van der Waals surface area contributed by atoms with E-state index in [9.17, 15) is 0 Å². The van der Waals surface area contributed by atoms with E-state index in [-0.39, 0.29) is 0 Å². The first-order valence-electron chi connectivity index (χ1n) is 8.32. The summed E-state index contributed by atoms with van der Waals surface area (Å²) < 4.78 is 0. The van der Waals surface area contributed by atoms with Crippen molar-refractivity contribution in [1.29, 1.82) is 0 Å². The van der Waals surface area contributed by atoms with Crippen molar-refractivity contribution in [3.8, 4) is 0 Å². The van der Waals surface area contributed by atoms with Gasteiger partial charge >= 0.3 is 0 Å². The molecule has 1 unspecified atom stereocenters. The number of nitrogens with one attached hydrogen (secondary N) is 1. The Morgan fingerprint density at radius 1 is 1.10 bits per heavy atom. The van der Waals surface area contributed by atoms with Crippen molar-refractivity contribution in [2.24, 2.45) is 0 Å². The zero-order valence-corrected chi connectivity index (χ0v) is 13.7. The number of benzene rings is 1. The molecule has 3 heteroatoms. The van der Waals surface area contributed by atoms with Crippen LogP contribution >= 0.6 is 0 Å². The van der Waals surface area contributed by atoms with Crippen molar-refractivity contribution in [2.75, 3.05) is 39.3 Å². The van der Waals surface area contributed by atoms with Gasteiger partial charge in [0.25, 0.3) is 0 Å². The van der Waals surface area contributed by atoms with E-state index in [1.807, 2.05) is 0 Å². The van der Waals surface area contributed by atoms with E-state index in [0.29, 0.717) is 11.6 Å². The Morgan fingerprint density at radius 2 is 1.81 bits per heavy atom. The normalized spacial score (nSPS) is 24.8. The third-order valence-corrected chi connectivity index (χ3v) is 4.98. The summed E-state index contributed by atoms with van der Waals surface area (Å²) >= 11 is 0. The van der Waals surface area contributed by atoms with E-state index in [0.717, 1.165) is 13.1 Å². The smallest absolute Gasteiger partial charge is 0.0452 e. The van der Waals surface area contributed by atoms with E-state index in [4.69, 9.17) is 0 Å². The van der Waals surface area contributed by atoms with Gasteiger partial charge in [-0.3, -0.25) is 9.80 Å². The van der Waals surface area contributed by atoms with Gasteiger partial charge in [-0.2, -0.15) is 0 Å². The fraction of sp³-hybridized carbons (Fsp3) is 0.667. The molecule has 3 rings (SSSR count). The van der Waals surface area contributed by atoms with E-state index in [1.54, 1.807) is 0 Å². The predicted octanol–water partition coefficient (Wildman–Crippen LogP) is 2.29. The summed E-state index contributed by atoms with van der Waals surface area (Å²) in [5.74, 6) is 0. The highest BCUT2D eigenvalue weighted by Gasteiger charge is 2.28. The molecule has 1 atom stereocenters. The number of piperazine rings is 1. The molecular formula is C18H29N3. The van der Waals surface area contributed by atoms with Gasteiger partial charge < -0.3 is 5.32 Å². The quantitative estimate of drug-likeness (QED) is 0.900. The van der Waals surface area contributed by atoms with Gasteiger partial charge in [0.1, 0.15) is 0 Å². The number of hydrogen-bond donors (Lipinski definition) is 1. The van der Waals surface area contributed by atoms with Gasteiger partial charge in [0.15, 0.2) is 0 Å². The van der Waals surface area contributed by atoms with Crippen LogP contribution in [0.3, 0.4) is 0 Å². The molecule has 1 aromatic rings. The Labute approximate surface area is 129 Å². The standard InChI is InChI=1S/C18H29N3/c1-18(2,3)21-12-10-20(11-13-21)14-17-16-7-5-4-6-15(16)8-9-19-17/h4-7,17,19H,8-14H2,1-3H3. The number of nitrogens with zero attached hydrogens (tertiary/aromatic N) is 2. The molecule has 0 aliphatic carbocycles. The van der Waals surface area contributed by atoms with Gasteiger partial charge in [-0.15, -0.1) is 0 Å². The Morgan fingerprint density at radius 3 is 2.52 bits per heavy atom.